The Morgan fingerprint density at radius 1 is 1.38 bits per heavy atom. The van der Waals surface area contributed by atoms with Crippen LogP contribution in [0.5, 0.6) is 11.5 Å². The molecule has 0 atom stereocenters. The second-order valence-corrected chi connectivity index (χ2v) is 4.25. The summed E-state index contributed by atoms with van der Waals surface area (Å²) < 4.78 is 0. The highest BCUT2D eigenvalue weighted by atomic mass is 16.3. The molecule has 0 aliphatic heterocycles. The lowest BCUT2D eigenvalue weighted by molar-refractivity contribution is 0.254. The van der Waals surface area contributed by atoms with Crippen molar-refractivity contribution in [2.75, 3.05) is 0 Å². The lowest BCUT2D eigenvalue weighted by Gasteiger charge is -2.37. The van der Waals surface area contributed by atoms with Gasteiger partial charge in [-0.3, -0.25) is 0 Å². The molecule has 1 aliphatic rings. The van der Waals surface area contributed by atoms with Crippen LogP contribution in [0.3, 0.4) is 0 Å². The molecule has 2 rings (SSSR count). The molecule has 1 fully saturated rings. The van der Waals surface area contributed by atoms with Crippen molar-refractivity contribution in [2.45, 2.75) is 31.7 Å². The topological polar surface area (TPSA) is 69.9 Å². The lowest BCUT2D eigenvalue weighted by Crippen LogP contribution is -2.31. The van der Waals surface area contributed by atoms with Crippen molar-refractivity contribution >= 4 is 6.08 Å². The third-order valence-corrected chi connectivity index (χ3v) is 3.26. The summed E-state index contributed by atoms with van der Waals surface area (Å²) in [5, 5.41) is 19.0. The Kier molecular flexibility index (Phi) is 2.44. The molecule has 0 amide bonds. The molecule has 4 nitrogen and oxygen atoms in total. The molecule has 1 aromatic rings. The molecule has 0 unspecified atom stereocenters. The van der Waals surface area contributed by atoms with E-state index < -0.39 is 5.54 Å². The number of hydrogen-bond donors (Lipinski definition) is 2. The number of nitrogens with zero attached hydrogens (tertiary/aromatic N) is 1. The number of aromatic hydroxyl groups is 2. The Hall–Kier alpha value is -1.80. The number of rotatable bonds is 2. The Labute approximate surface area is 93.3 Å². The molecular formula is C12H13NO3. The number of hydrogen-bond acceptors (Lipinski definition) is 4. The van der Waals surface area contributed by atoms with Gasteiger partial charge in [0.15, 0.2) is 11.5 Å². The first kappa shape index (κ1) is 10.7. The van der Waals surface area contributed by atoms with Crippen LogP contribution in [0.2, 0.25) is 0 Å². The third kappa shape index (κ3) is 1.48. The molecule has 4 heteroatoms. The van der Waals surface area contributed by atoms with Gasteiger partial charge in [0.25, 0.3) is 0 Å². The molecule has 2 N–H and O–H groups in total. The Morgan fingerprint density at radius 2 is 2.06 bits per heavy atom. The molecular weight excluding hydrogens is 206 g/mol. The van der Waals surface area contributed by atoms with Crippen molar-refractivity contribution in [2.24, 2.45) is 4.99 Å². The van der Waals surface area contributed by atoms with Gasteiger partial charge in [-0.2, -0.15) is 4.99 Å². The molecule has 16 heavy (non-hydrogen) atoms. The van der Waals surface area contributed by atoms with Gasteiger partial charge in [-0.25, -0.2) is 4.79 Å². The minimum atomic E-state index is -0.530. The smallest absolute Gasteiger partial charge is 0.235 e. The van der Waals surface area contributed by atoms with E-state index in [1.807, 2.05) is 0 Å². The van der Waals surface area contributed by atoms with Gasteiger partial charge < -0.3 is 10.2 Å². The van der Waals surface area contributed by atoms with Crippen LogP contribution in [0.1, 0.15) is 30.4 Å². The van der Waals surface area contributed by atoms with E-state index in [9.17, 15) is 15.0 Å². The summed E-state index contributed by atoms with van der Waals surface area (Å²) in [5.74, 6) is -0.282. The maximum absolute atomic E-state index is 10.4. The molecule has 0 aromatic heterocycles. The molecule has 0 heterocycles. The second kappa shape index (κ2) is 3.65. The fourth-order valence-corrected chi connectivity index (χ4v) is 2.09. The highest BCUT2D eigenvalue weighted by Gasteiger charge is 2.39. The Balaban J connectivity index is 2.51. The zero-order valence-corrected chi connectivity index (χ0v) is 9.03. The molecule has 0 spiro atoms. The summed E-state index contributed by atoms with van der Waals surface area (Å²) in [6.45, 7) is 1.70. The summed E-state index contributed by atoms with van der Waals surface area (Å²) in [5.41, 5.74) is 0.829. The predicted molar refractivity (Wildman–Crippen MR) is 58.2 cm³/mol. The van der Waals surface area contributed by atoms with Crippen LogP contribution < -0.4 is 0 Å². The quantitative estimate of drug-likeness (QED) is 0.454. The Bertz CT molecular complexity index is 448. The van der Waals surface area contributed by atoms with Crippen LogP contribution in [0.25, 0.3) is 0 Å². The van der Waals surface area contributed by atoms with Crippen LogP contribution >= 0.6 is 0 Å². The van der Waals surface area contributed by atoms with E-state index in [1.54, 1.807) is 19.1 Å². The number of phenols is 2. The van der Waals surface area contributed by atoms with Crippen molar-refractivity contribution in [3.8, 4) is 11.5 Å². The van der Waals surface area contributed by atoms with Crippen molar-refractivity contribution in [1.29, 1.82) is 0 Å². The summed E-state index contributed by atoms with van der Waals surface area (Å²) in [4.78, 5) is 14.3. The normalized spacial score (nSPS) is 17.3. The zero-order chi connectivity index (χ0) is 11.8. The third-order valence-electron chi connectivity index (χ3n) is 3.26. The van der Waals surface area contributed by atoms with Gasteiger partial charge in [-0.15, -0.1) is 0 Å². The number of carbonyl (C=O) groups excluding carboxylic acids is 1. The zero-order valence-electron chi connectivity index (χ0n) is 9.03. The highest BCUT2D eigenvalue weighted by Crippen LogP contribution is 2.47. The van der Waals surface area contributed by atoms with E-state index in [-0.39, 0.29) is 11.5 Å². The molecule has 1 aromatic carbocycles. The molecule has 84 valence electrons. The fourth-order valence-electron chi connectivity index (χ4n) is 2.09. The molecule has 0 saturated heterocycles. The monoisotopic (exact) mass is 219 g/mol. The van der Waals surface area contributed by atoms with E-state index in [4.69, 9.17) is 0 Å². The first-order valence-electron chi connectivity index (χ1n) is 5.21. The predicted octanol–water partition coefficient (Wildman–Crippen LogP) is 2.12. The highest BCUT2D eigenvalue weighted by molar-refractivity contribution is 5.50. The van der Waals surface area contributed by atoms with Gasteiger partial charge in [-0.1, -0.05) is 0 Å². The first-order valence-corrected chi connectivity index (χ1v) is 5.21. The molecule has 0 radical (unpaired) electrons. The van der Waals surface area contributed by atoms with Crippen LogP contribution in [-0.4, -0.2) is 16.3 Å². The summed E-state index contributed by atoms with van der Waals surface area (Å²) in [6, 6.07) is 3.23. The van der Waals surface area contributed by atoms with Crippen LogP contribution in [-0.2, 0) is 10.3 Å². The fraction of sp³-hybridized carbons (Fsp3) is 0.417. The number of aryl methyl sites for hydroxylation is 1. The average Bonchev–Trinajstić information content (AvgIpc) is 2.19. The van der Waals surface area contributed by atoms with E-state index in [2.05, 4.69) is 4.99 Å². The standard InChI is InChI=1S/C12H13NO3/c1-8-5-9(6-10(15)11(8)16)12(13-7-14)3-2-4-12/h5-6,15-16H,2-4H2,1H3. The maximum atomic E-state index is 10.4. The lowest BCUT2D eigenvalue weighted by atomic mass is 9.72. The van der Waals surface area contributed by atoms with Gasteiger partial charge >= 0.3 is 0 Å². The van der Waals surface area contributed by atoms with Crippen molar-refractivity contribution in [3.63, 3.8) is 0 Å². The van der Waals surface area contributed by atoms with E-state index in [1.165, 1.54) is 6.07 Å². The second-order valence-electron chi connectivity index (χ2n) is 4.25. The van der Waals surface area contributed by atoms with E-state index in [0.717, 1.165) is 24.8 Å². The first-order chi connectivity index (χ1) is 7.59. The minimum Gasteiger partial charge on any atom is -0.504 e. The van der Waals surface area contributed by atoms with Crippen LogP contribution in [0.4, 0.5) is 0 Å². The van der Waals surface area contributed by atoms with Crippen molar-refractivity contribution in [3.05, 3.63) is 23.3 Å². The largest absolute Gasteiger partial charge is 0.504 e. The van der Waals surface area contributed by atoms with Gasteiger partial charge in [0.2, 0.25) is 6.08 Å². The average molecular weight is 219 g/mol. The number of aliphatic imine (C=N–C) groups is 1. The molecule has 1 aliphatic carbocycles. The Morgan fingerprint density at radius 3 is 2.50 bits per heavy atom. The number of benzene rings is 1. The number of phenolic OH excluding ortho intramolecular Hbond substituents is 2. The molecule has 0 bridgehead atoms. The maximum Gasteiger partial charge on any atom is 0.235 e. The van der Waals surface area contributed by atoms with Crippen LogP contribution in [0, 0.1) is 6.92 Å². The minimum absolute atomic E-state index is 0.117. The van der Waals surface area contributed by atoms with E-state index in [0.29, 0.717) is 5.56 Å². The summed E-state index contributed by atoms with van der Waals surface area (Å²) in [7, 11) is 0. The molecule has 1 saturated carbocycles. The van der Waals surface area contributed by atoms with Gasteiger partial charge in [0.1, 0.15) is 0 Å². The summed E-state index contributed by atoms with van der Waals surface area (Å²) >= 11 is 0. The number of isocyanates is 1. The van der Waals surface area contributed by atoms with Crippen molar-refractivity contribution < 1.29 is 15.0 Å². The summed E-state index contributed by atoms with van der Waals surface area (Å²) in [6.07, 6.45) is 4.17. The SMILES string of the molecule is Cc1cc(C2(N=C=O)CCC2)cc(O)c1O. The van der Waals surface area contributed by atoms with Crippen molar-refractivity contribution in [1.82, 2.24) is 0 Å². The van der Waals surface area contributed by atoms with E-state index >= 15 is 0 Å². The van der Waals surface area contributed by atoms with Gasteiger partial charge in [0.05, 0.1) is 5.54 Å². The van der Waals surface area contributed by atoms with Crippen LogP contribution in [0.15, 0.2) is 17.1 Å². The van der Waals surface area contributed by atoms with Gasteiger partial charge in [-0.05, 0) is 49.4 Å². The van der Waals surface area contributed by atoms with Gasteiger partial charge in [0, 0.05) is 0 Å².